The van der Waals surface area contributed by atoms with Crippen LogP contribution in [0.1, 0.15) is 21.8 Å². The Bertz CT molecular complexity index is 1210. The van der Waals surface area contributed by atoms with Crippen molar-refractivity contribution in [2.45, 2.75) is 20.3 Å². The van der Waals surface area contributed by atoms with Gasteiger partial charge in [-0.05, 0) is 54.8 Å². The fraction of sp³-hybridized carbons (Fsp3) is 0.143. The van der Waals surface area contributed by atoms with E-state index in [1.807, 2.05) is 56.3 Å². The maximum Gasteiger partial charge on any atom is 0.260 e. The molecule has 0 saturated carbocycles. The second-order valence-electron chi connectivity index (χ2n) is 6.49. The van der Waals surface area contributed by atoms with Crippen LogP contribution in [0.2, 0.25) is 10.0 Å². The average molecular weight is 415 g/mol. The highest BCUT2D eigenvalue weighted by molar-refractivity contribution is 7.19. The van der Waals surface area contributed by atoms with Crippen molar-refractivity contribution in [3.63, 3.8) is 0 Å². The Balaban J connectivity index is 1.82. The molecule has 0 saturated heterocycles. The van der Waals surface area contributed by atoms with Gasteiger partial charge in [0, 0.05) is 26.9 Å². The number of nitrogens with zero attached hydrogens (tertiary/aromatic N) is 1. The smallest absolute Gasteiger partial charge is 0.260 e. The number of hydrogen-bond donors (Lipinski definition) is 1. The molecule has 0 amide bonds. The van der Waals surface area contributed by atoms with E-state index < -0.39 is 0 Å². The van der Waals surface area contributed by atoms with E-state index in [1.54, 1.807) is 0 Å². The van der Waals surface area contributed by atoms with Crippen molar-refractivity contribution in [2.75, 3.05) is 0 Å². The van der Waals surface area contributed by atoms with Gasteiger partial charge in [0.1, 0.15) is 10.7 Å². The number of rotatable bonds is 3. The second kappa shape index (κ2) is 7.12. The molecule has 0 spiro atoms. The van der Waals surface area contributed by atoms with Crippen LogP contribution >= 0.6 is 34.5 Å². The third-order valence-electron chi connectivity index (χ3n) is 4.52. The summed E-state index contributed by atoms with van der Waals surface area (Å²) >= 11 is 13.6. The maximum absolute atomic E-state index is 12.9. The van der Waals surface area contributed by atoms with E-state index in [1.165, 1.54) is 11.3 Å². The Morgan fingerprint density at radius 3 is 2.52 bits per heavy atom. The van der Waals surface area contributed by atoms with Gasteiger partial charge in [-0.3, -0.25) is 4.79 Å². The van der Waals surface area contributed by atoms with Crippen LogP contribution in [-0.2, 0) is 6.42 Å². The van der Waals surface area contributed by atoms with E-state index in [2.05, 4.69) is 4.98 Å². The summed E-state index contributed by atoms with van der Waals surface area (Å²) in [4.78, 5) is 22.3. The largest absolute Gasteiger partial charge is 0.310 e. The van der Waals surface area contributed by atoms with Crippen molar-refractivity contribution < 1.29 is 0 Å². The third-order valence-corrected chi connectivity index (χ3v) is 6.19. The van der Waals surface area contributed by atoms with Gasteiger partial charge in [0.2, 0.25) is 0 Å². The van der Waals surface area contributed by atoms with Gasteiger partial charge in [0.15, 0.2) is 0 Å². The van der Waals surface area contributed by atoms with Crippen molar-refractivity contribution in [1.82, 2.24) is 9.97 Å². The van der Waals surface area contributed by atoms with Crippen LogP contribution in [0.5, 0.6) is 0 Å². The number of fused-ring (bicyclic) bond motifs is 1. The normalized spacial score (nSPS) is 11.3. The second-order valence-corrected chi connectivity index (χ2v) is 8.54. The highest BCUT2D eigenvalue weighted by atomic mass is 35.5. The number of H-pyrrole nitrogens is 1. The summed E-state index contributed by atoms with van der Waals surface area (Å²) in [6.45, 7) is 3.98. The third kappa shape index (κ3) is 3.53. The van der Waals surface area contributed by atoms with Gasteiger partial charge >= 0.3 is 0 Å². The lowest BCUT2D eigenvalue weighted by Crippen LogP contribution is -2.11. The summed E-state index contributed by atoms with van der Waals surface area (Å²) in [7, 11) is 0. The van der Waals surface area contributed by atoms with E-state index in [4.69, 9.17) is 28.2 Å². The minimum atomic E-state index is -0.115. The molecule has 0 unspecified atom stereocenters. The molecule has 0 radical (unpaired) electrons. The molecule has 0 aliphatic heterocycles. The monoisotopic (exact) mass is 414 g/mol. The molecule has 0 atom stereocenters. The summed E-state index contributed by atoms with van der Waals surface area (Å²) in [6, 6.07) is 13.4. The molecule has 136 valence electrons. The van der Waals surface area contributed by atoms with E-state index in [-0.39, 0.29) is 5.56 Å². The van der Waals surface area contributed by atoms with Crippen LogP contribution in [0.3, 0.4) is 0 Å². The van der Waals surface area contributed by atoms with Gasteiger partial charge in [-0.2, -0.15) is 0 Å². The molecule has 0 aliphatic rings. The first-order valence-electron chi connectivity index (χ1n) is 8.45. The summed E-state index contributed by atoms with van der Waals surface area (Å²) in [5.41, 5.74) is 3.83. The van der Waals surface area contributed by atoms with Crippen molar-refractivity contribution in [1.29, 1.82) is 0 Å². The molecule has 0 aliphatic carbocycles. The Labute approximate surface area is 170 Å². The number of halogens is 2. The Morgan fingerprint density at radius 2 is 1.81 bits per heavy atom. The molecule has 3 nitrogen and oxygen atoms in total. The zero-order valence-electron chi connectivity index (χ0n) is 14.8. The molecule has 6 heteroatoms. The zero-order chi connectivity index (χ0) is 19.1. The van der Waals surface area contributed by atoms with Gasteiger partial charge in [0.25, 0.3) is 5.56 Å². The van der Waals surface area contributed by atoms with Crippen LogP contribution in [0, 0.1) is 13.8 Å². The Hall–Kier alpha value is -2.14. The van der Waals surface area contributed by atoms with Crippen LogP contribution < -0.4 is 5.56 Å². The highest BCUT2D eigenvalue weighted by Gasteiger charge is 2.17. The van der Waals surface area contributed by atoms with E-state index in [0.717, 1.165) is 32.0 Å². The highest BCUT2D eigenvalue weighted by Crippen LogP contribution is 2.36. The van der Waals surface area contributed by atoms with Gasteiger partial charge in [-0.25, -0.2) is 4.98 Å². The molecule has 1 N–H and O–H groups in total. The molecular formula is C21H16Cl2N2OS. The Kier molecular flexibility index (Phi) is 4.81. The minimum absolute atomic E-state index is 0.115. The van der Waals surface area contributed by atoms with Crippen molar-refractivity contribution in [3.8, 4) is 11.1 Å². The summed E-state index contributed by atoms with van der Waals surface area (Å²) in [5, 5.41) is 2.04. The number of aromatic amines is 1. The van der Waals surface area contributed by atoms with Gasteiger partial charge in [0.05, 0.1) is 5.39 Å². The van der Waals surface area contributed by atoms with Crippen molar-refractivity contribution >= 4 is 44.8 Å². The van der Waals surface area contributed by atoms with Crippen LogP contribution in [0.25, 0.3) is 21.3 Å². The SMILES string of the molecule is Cc1cc(-c2c(C)sc3nc(Cc4ccc(Cl)cc4)[nH]c(=O)c23)ccc1Cl. The topological polar surface area (TPSA) is 45.8 Å². The average Bonchev–Trinajstić information content (AvgIpc) is 2.96. The van der Waals surface area contributed by atoms with E-state index >= 15 is 0 Å². The molecule has 4 rings (SSSR count). The molecular weight excluding hydrogens is 399 g/mol. The molecule has 4 aromatic rings. The minimum Gasteiger partial charge on any atom is -0.310 e. The number of hydrogen-bond acceptors (Lipinski definition) is 3. The first-order chi connectivity index (χ1) is 12.9. The Morgan fingerprint density at radius 1 is 1.07 bits per heavy atom. The van der Waals surface area contributed by atoms with E-state index in [9.17, 15) is 4.79 Å². The van der Waals surface area contributed by atoms with Gasteiger partial charge in [-0.15, -0.1) is 11.3 Å². The predicted molar refractivity (Wildman–Crippen MR) is 114 cm³/mol. The molecule has 2 heterocycles. The molecule has 2 aromatic carbocycles. The fourth-order valence-electron chi connectivity index (χ4n) is 3.19. The van der Waals surface area contributed by atoms with Gasteiger partial charge < -0.3 is 4.98 Å². The fourth-order valence-corrected chi connectivity index (χ4v) is 4.50. The maximum atomic E-state index is 12.9. The van der Waals surface area contributed by atoms with Gasteiger partial charge in [-0.1, -0.05) is 41.4 Å². The molecule has 2 aromatic heterocycles. The molecule has 27 heavy (non-hydrogen) atoms. The summed E-state index contributed by atoms with van der Waals surface area (Å²) in [5.74, 6) is 0.648. The molecule has 0 fully saturated rings. The number of thiophene rings is 1. The number of benzene rings is 2. The summed E-state index contributed by atoms with van der Waals surface area (Å²) < 4.78 is 0. The lowest BCUT2D eigenvalue weighted by molar-refractivity contribution is 0.977. The first kappa shape index (κ1) is 18.2. The standard InChI is InChI=1S/C21H16Cl2N2OS/c1-11-9-14(5-8-16(11)23)18-12(2)27-21-19(18)20(26)24-17(25-21)10-13-3-6-15(22)7-4-13/h3-9H,10H2,1-2H3,(H,24,25,26). The van der Waals surface area contributed by atoms with Crippen molar-refractivity contribution in [3.05, 3.63) is 84.7 Å². The lowest BCUT2D eigenvalue weighted by atomic mass is 10.0. The number of nitrogens with one attached hydrogen (secondary N) is 1. The molecule has 0 bridgehead atoms. The summed E-state index contributed by atoms with van der Waals surface area (Å²) in [6.07, 6.45) is 0.550. The van der Waals surface area contributed by atoms with Crippen molar-refractivity contribution in [2.24, 2.45) is 0 Å². The van der Waals surface area contributed by atoms with Crippen LogP contribution in [0.15, 0.2) is 47.3 Å². The number of aromatic nitrogens is 2. The number of aryl methyl sites for hydroxylation is 2. The zero-order valence-corrected chi connectivity index (χ0v) is 17.1. The van der Waals surface area contributed by atoms with E-state index in [0.29, 0.717) is 27.7 Å². The first-order valence-corrected chi connectivity index (χ1v) is 10.0. The van der Waals surface area contributed by atoms with Crippen LogP contribution in [0.4, 0.5) is 0 Å². The lowest BCUT2D eigenvalue weighted by Gasteiger charge is -2.06. The predicted octanol–water partition coefficient (Wildman–Crippen LogP) is 6.17. The van der Waals surface area contributed by atoms with Crippen LogP contribution in [-0.4, -0.2) is 9.97 Å². The quantitative estimate of drug-likeness (QED) is 0.435.